The number of hydrogen-bond donors (Lipinski definition) is 1. The van der Waals surface area contributed by atoms with E-state index in [9.17, 15) is 0 Å². The molecule has 0 radical (unpaired) electrons. The van der Waals surface area contributed by atoms with Crippen molar-refractivity contribution in [2.45, 2.75) is 58.2 Å². The summed E-state index contributed by atoms with van der Waals surface area (Å²) in [5.74, 6) is 1.91. The molecule has 1 aliphatic carbocycles. The van der Waals surface area contributed by atoms with Gasteiger partial charge in [-0.25, -0.2) is 4.98 Å². The van der Waals surface area contributed by atoms with E-state index in [-0.39, 0.29) is 0 Å². The topological polar surface area (TPSA) is 28.2 Å². The molecule has 2 unspecified atom stereocenters. The number of halogens is 1. The van der Waals surface area contributed by atoms with Gasteiger partial charge in [-0.15, -0.1) is 0 Å². The van der Waals surface area contributed by atoms with Gasteiger partial charge in [0.2, 0.25) is 0 Å². The van der Waals surface area contributed by atoms with Gasteiger partial charge in [0.05, 0.1) is 10.7 Å². The largest absolute Gasteiger partial charge is 0.354 e. The fourth-order valence-corrected chi connectivity index (χ4v) is 3.20. The van der Waals surface area contributed by atoms with Crippen LogP contribution in [0.25, 0.3) is 0 Å². The van der Waals surface area contributed by atoms with E-state index >= 15 is 0 Å². The zero-order chi connectivity index (χ0) is 14.1. The van der Waals surface area contributed by atoms with E-state index in [2.05, 4.69) is 30.1 Å². The summed E-state index contributed by atoms with van der Waals surface area (Å²) in [4.78, 5) is 7.23. The van der Waals surface area contributed by atoms with Crippen molar-refractivity contribution in [2.24, 2.45) is 5.92 Å². The van der Waals surface area contributed by atoms with Gasteiger partial charge in [0.25, 0.3) is 0 Å². The fraction of sp³-hybridized carbons (Fsp3) is 0.688. The first-order chi connectivity index (χ1) is 9.63. The average Bonchev–Trinajstić information content (AvgIpc) is 3.22. The van der Waals surface area contributed by atoms with E-state index in [1.807, 2.05) is 6.07 Å². The third-order valence-corrected chi connectivity index (χ3v) is 4.82. The summed E-state index contributed by atoms with van der Waals surface area (Å²) in [5.41, 5.74) is 0.988. The van der Waals surface area contributed by atoms with Crippen molar-refractivity contribution in [1.82, 2.24) is 10.3 Å². The molecule has 1 saturated carbocycles. The van der Waals surface area contributed by atoms with E-state index in [1.54, 1.807) is 0 Å². The quantitative estimate of drug-likeness (QED) is 0.919. The second-order valence-electron chi connectivity index (χ2n) is 6.43. The fourth-order valence-electron chi connectivity index (χ4n) is 3.03. The summed E-state index contributed by atoms with van der Waals surface area (Å²) in [6.07, 6.45) is 5.08. The maximum absolute atomic E-state index is 6.28. The van der Waals surface area contributed by atoms with E-state index in [0.717, 1.165) is 35.5 Å². The van der Waals surface area contributed by atoms with Crippen LogP contribution in [0, 0.1) is 5.92 Å². The number of nitrogens with one attached hydrogen (secondary N) is 1. The minimum Gasteiger partial charge on any atom is -0.354 e. The van der Waals surface area contributed by atoms with Crippen LogP contribution in [-0.2, 0) is 6.54 Å². The first-order valence-corrected chi connectivity index (χ1v) is 8.16. The lowest BCUT2D eigenvalue weighted by Gasteiger charge is -2.37. The smallest absolute Gasteiger partial charge is 0.129 e. The second kappa shape index (κ2) is 5.90. The van der Waals surface area contributed by atoms with Crippen LogP contribution in [0.5, 0.6) is 0 Å². The van der Waals surface area contributed by atoms with Gasteiger partial charge >= 0.3 is 0 Å². The van der Waals surface area contributed by atoms with Gasteiger partial charge in [-0.2, -0.15) is 0 Å². The van der Waals surface area contributed by atoms with E-state index in [1.165, 1.54) is 25.7 Å². The van der Waals surface area contributed by atoms with Gasteiger partial charge in [-0.3, -0.25) is 0 Å². The Labute approximate surface area is 126 Å². The lowest BCUT2D eigenvalue weighted by Crippen LogP contribution is -2.40. The number of aromatic nitrogens is 1. The molecule has 1 aromatic rings. The lowest BCUT2D eigenvalue weighted by molar-refractivity contribution is 0.376. The van der Waals surface area contributed by atoms with Crippen LogP contribution in [0.3, 0.4) is 0 Å². The van der Waals surface area contributed by atoms with Crippen LogP contribution in [-0.4, -0.2) is 23.6 Å². The molecule has 1 aromatic heterocycles. The predicted octanol–water partition coefficient (Wildman–Crippen LogP) is 3.61. The Hall–Kier alpha value is -0.800. The molecule has 3 nitrogen and oxygen atoms in total. The molecule has 0 bridgehead atoms. The maximum atomic E-state index is 6.28. The van der Waals surface area contributed by atoms with Crippen LogP contribution in [0.15, 0.2) is 12.1 Å². The molecule has 0 aromatic carbocycles. The number of anilines is 1. The van der Waals surface area contributed by atoms with Crippen molar-refractivity contribution in [3.63, 3.8) is 0 Å². The molecule has 1 saturated heterocycles. The molecule has 4 heteroatoms. The minimum atomic E-state index is 0.566. The van der Waals surface area contributed by atoms with Crippen molar-refractivity contribution in [3.8, 4) is 0 Å². The zero-order valence-corrected chi connectivity index (χ0v) is 13.2. The van der Waals surface area contributed by atoms with Crippen molar-refractivity contribution in [2.75, 3.05) is 11.4 Å². The van der Waals surface area contributed by atoms with Crippen molar-refractivity contribution < 1.29 is 0 Å². The first-order valence-electron chi connectivity index (χ1n) is 7.79. The van der Waals surface area contributed by atoms with Gasteiger partial charge in [0.15, 0.2) is 0 Å². The monoisotopic (exact) mass is 293 g/mol. The summed E-state index contributed by atoms with van der Waals surface area (Å²) >= 11 is 6.28. The summed E-state index contributed by atoms with van der Waals surface area (Å²) in [6, 6.07) is 5.32. The maximum Gasteiger partial charge on any atom is 0.129 e. The number of pyridine rings is 1. The molecule has 1 aliphatic heterocycles. The Kier molecular flexibility index (Phi) is 4.18. The van der Waals surface area contributed by atoms with Crippen molar-refractivity contribution >= 4 is 17.4 Å². The molecule has 2 fully saturated rings. The second-order valence-corrected chi connectivity index (χ2v) is 6.83. The van der Waals surface area contributed by atoms with Crippen LogP contribution in [0.2, 0.25) is 5.02 Å². The van der Waals surface area contributed by atoms with E-state index in [4.69, 9.17) is 16.6 Å². The molecule has 20 heavy (non-hydrogen) atoms. The van der Waals surface area contributed by atoms with Gasteiger partial charge in [0, 0.05) is 25.2 Å². The Morgan fingerprint density at radius 3 is 2.80 bits per heavy atom. The van der Waals surface area contributed by atoms with Crippen LogP contribution < -0.4 is 10.2 Å². The molecule has 2 heterocycles. The lowest BCUT2D eigenvalue weighted by atomic mass is 9.93. The molecule has 2 aliphatic rings. The van der Waals surface area contributed by atoms with Crippen LogP contribution in [0.1, 0.15) is 45.2 Å². The van der Waals surface area contributed by atoms with Crippen LogP contribution in [0.4, 0.5) is 5.82 Å². The Balaban J connectivity index is 1.73. The highest BCUT2D eigenvalue weighted by atomic mass is 35.5. The molecular formula is C16H24ClN3. The SMILES string of the molecule is CC1CCN(c2ccc(Cl)c(CNC3CC3)n2)C(C)C1. The average molecular weight is 294 g/mol. The highest BCUT2D eigenvalue weighted by Gasteiger charge is 2.25. The van der Waals surface area contributed by atoms with Gasteiger partial charge in [0.1, 0.15) is 5.82 Å². The third kappa shape index (κ3) is 3.26. The van der Waals surface area contributed by atoms with Gasteiger partial charge in [-0.1, -0.05) is 18.5 Å². The summed E-state index contributed by atoms with van der Waals surface area (Å²) in [5, 5.41) is 4.27. The van der Waals surface area contributed by atoms with Crippen molar-refractivity contribution in [1.29, 1.82) is 0 Å². The Morgan fingerprint density at radius 2 is 2.10 bits per heavy atom. The number of rotatable bonds is 4. The minimum absolute atomic E-state index is 0.566. The summed E-state index contributed by atoms with van der Waals surface area (Å²) < 4.78 is 0. The molecule has 110 valence electrons. The molecule has 0 spiro atoms. The molecule has 2 atom stereocenters. The van der Waals surface area contributed by atoms with Gasteiger partial charge < -0.3 is 10.2 Å². The number of piperidine rings is 1. The standard InChI is InChI=1S/C16H24ClN3/c1-11-7-8-20(12(2)9-11)16-6-5-14(17)15(19-16)10-18-13-3-4-13/h5-6,11-13,18H,3-4,7-10H2,1-2H3. The highest BCUT2D eigenvalue weighted by Crippen LogP contribution is 2.28. The molecule has 1 N–H and O–H groups in total. The number of hydrogen-bond acceptors (Lipinski definition) is 3. The molecule has 3 rings (SSSR count). The van der Waals surface area contributed by atoms with E-state index in [0.29, 0.717) is 12.1 Å². The summed E-state index contributed by atoms with van der Waals surface area (Å²) in [6.45, 7) is 6.53. The van der Waals surface area contributed by atoms with Gasteiger partial charge in [-0.05, 0) is 50.7 Å². The summed E-state index contributed by atoms with van der Waals surface area (Å²) in [7, 11) is 0. The third-order valence-electron chi connectivity index (χ3n) is 4.47. The Morgan fingerprint density at radius 1 is 1.30 bits per heavy atom. The van der Waals surface area contributed by atoms with Crippen molar-refractivity contribution in [3.05, 3.63) is 22.8 Å². The van der Waals surface area contributed by atoms with E-state index < -0.39 is 0 Å². The zero-order valence-electron chi connectivity index (χ0n) is 12.4. The highest BCUT2D eigenvalue weighted by molar-refractivity contribution is 6.31. The predicted molar refractivity (Wildman–Crippen MR) is 84.3 cm³/mol. The first kappa shape index (κ1) is 14.2. The normalized spacial score (nSPS) is 26.9. The molecule has 0 amide bonds. The number of nitrogens with zero attached hydrogens (tertiary/aromatic N) is 2. The molecular weight excluding hydrogens is 270 g/mol. The Bertz CT molecular complexity index is 473. The van der Waals surface area contributed by atoms with Crippen LogP contribution >= 0.6 is 11.6 Å².